The Morgan fingerprint density at radius 3 is 2.72 bits per heavy atom. The molecule has 0 radical (unpaired) electrons. The largest absolute Gasteiger partial charge is 0.491 e. The van der Waals surface area contributed by atoms with Crippen LogP contribution in [0.4, 0.5) is 5.69 Å². The molecule has 0 aliphatic heterocycles. The molecule has 2 aromatic rings. The van der Waals surface area contributed by atoms with Crippen LogP contribution in [0.3, 0.4) is 0 Å². The number of aryl methyl sites for hydroxylation is 1. The first-order valence-electron chi connectivity index (χ1n) is 6.18. The third-order valence-corrected chi connectivity index (χ3v) is 3.48. The monoisotopic (exact) mass is 261 g/mol. The van der Waals surface area contributed by atoms with Crippen molar-refractivity contribution in [1.82, 2.24) is 0 Å². The van der Waals surface area contributed by atoms with Crippen LogP contribution in [0.25, 0.3) is 0 Å². The molecule has 1 N–H and O–H groups in total. The van der Waals surface area contributed by atoms with Gasteiger partial charge in [-0.05, 0) is 56.0 Å². The Labute approximate surface area is 113 Å². The topological polar surface area (TPSA) is 21.3 Å². The lowest BCUT2D eigenvalue weighted by molar-refractivity contribution is 0.242. The lowest BCUT2D eigenvalue weighted by atomic mass is 10.2. The van der Waals surface area contributed by atoms with E-state index in [2.05, 4.69) is 41.9 Å². The summed E-state index contributed by atoms with van der Waals surface area (Å²) in [6, 6.07) is 10.4. The van der Waals surface area contributed by atoms with Crippen molar-refractivity contribution in [3.63, 3.8) is 0 Å². The molecule has 0 fully saturated rings. The van der Waals surface area contributed by atoms with E-state index in [1.165, 1.54) is 16.1 Å². The van der Waals surface area contributed by atoms with Crippen LogP contribution < -0.4 is 10.1 Å². The molecule has 0 unspecified atom stereocenters. The number of anilines is 1. The summed E-state index contributed by atoms with van der Waals surface area (Å²) in [4.78, 5) is 1.34. The lowest BCUT2D eigenvalue weighted by Crippen LogP contribution is -2.06. The molecule has 1 aromatic carbocycles. The zero-order valence-corrected chi connectivity index (χ0v) is 11.9. The van der Waals surface area contributed by atoms with Crippen LogP contribution in [-0.4, -0.2) is 6.10 Å². The second-order valence-electron chi connectivity index (χ2n) is 4.58. The average molecular weight is 261 g/mol. The van der Waals surface area contributed by atoms with Gasteiger partial charge < -0.3 is 10.1 Å². The zero-order valence-electron chi connectivity index (χ0n) is 11.1. The highest BCUT2D eigenvalue weighted by molar-refractivity contribution is 7.09. The molecule has 0 spiro atoms. The van der Waals surface area contributed by atoms with E-state index in [0.29, 0.717) is 0 Å². The summed E-state index contributed by atoms with van der Waals surface area (Å²) in [6.45, 7) is 7.06. The molecule has 0 aliphatic rings. The lowest BCUT2D eigenvalue weighted by Gasteiger charge is -2.13. The standard InChI is InChI=1S/C15H19NOS/c1-11(2)17-13-6-7-15(12(3)9-13)16-10-14-5-4-8-18-14/h4-9,11,16H,10H2,1-3H3. The molecule has 0 saturated carbocycles. The van der Waals surface area contributed by atoms with E-state index < -0.39 is 0 Å². The summed E-state index contributed by atoms with van der Waals surface area (Å²) in [5.41, 5.74) is 2.38. The van der Waals surface area contributed by atoms with Gasteiger partial charge in [0.05, 0.1) is 6.10 Å². The summed E-state index contributed by atoms with van der Waals surface area (Å²) in [5, 5.41) is 5.55. The van der Waals surface area contributed by atoms with Crippen LogP contribution in [0.15, 0.2) is 35.7 Å². The summed E-state index contributed by atoms with van der Waals surface area (Å²) in [5.74, 6) is 0.934. The van der Waals surface area contributed by atoms with Crippen molar-refractivity contribution in [2.75, 3.05) is 5.32 Å². The highest BCUT2D eigenvalue weighted by atomic mass is 32.1. The van der Waals surface area contributed by atoms with Gasteiger partial charge in [0.2, 0.25) is 0 Å². The zero-order chi connectivity index (χ0) is 13.0. The van der Waals surface area contributed by atoms with E-state index in [0.717, 1.165) is 12.3 Å². The molecule has 3 heteroatoms. The quantitative estimate of drug-likeness (QED) is 0.858. The molecule has 2 rings (SSSR count). The smallest absolute Gasteiger partial charge is 0.120 e. The maximum Gasteiger partial charge on any atom is 0.120 e. The summed E-state index contributed by atoms with van der Waals surface area (Å²) in [7, 11) is 0. The third kappa shape index (κ3) is 3.50. The van der Waals surface area contributed by atoms with Gasteiger partial charge in [0.15, 0.2) is 0 Å². The fourth-order valence-electron chi connectivity index (χ4n) is 1.78. The number of hydrogen-bond acceptors (Lipinski definition) is 3. The minimum atomic E-state index is 0.217. The first-order chi connectivity index (χ1) is 8.65. The van der Waals surface area contributed by atoms with Crippen molar-refractivity contribution in [3.8, 4) is 5.75 Å². The summed E-state index contributed by atoms with van der Waals surface area (Å²) in [6.07, 6.45) is 0.217. The van der Waals surface area contributed by atoms with Gasteiger partial charge in [0.25, 0.3) is 0 Å². The van der Waals surface area contributed by atoms with Crippen molar-refractivity contribution in [2.24, 2.45) is 0 Å². The SMILES string of the molecule is Cc1cc(OC(C)C)ccc1NCc1cccs1. The fraction of sp³-hybridized carbons (Fsp3) is 0.333. The van der Waals surface area contributed by atoms with Gasteiger partial charge in [-0.1, -0.05) is 6.07 Å². The van der Waals surface area contributed by atoms with Gasteiger partial charge >= 0.3 is 0 Å². The maximum absolute atomic E-state index is 5.67. The van der Waals surface area contributed by atoms with Crippen molar-refractivity contribution >= 4 is 17.0 Å². The Morgan fingerprint density at radius 1 is 1.28 bits per heavy atom. The number of hydrogen-bond donors (Lipinski definition) is 1. The van der Waals surface area contributed by atoms with E-state index in [9.17, 15) is 0 Å². The Hall–Kier alpha value is -1.48. The van der Waals surface area contributed by atoms with Gasteiger partial charge in [0, 0.05) is 17.1 Å². The van der Waals surface area contributed by atoms with Gasteiger partial charge in [-0.3, -0.25) is 0 Å². The van der Waals surface area contributed by atoms with E-state index >= 15 is 0 Å². The molecule has 0 atom stereocenters. The molecule has 1 aromatic heterocycles. The van der Waals surface area contributed by atoms with Crippen LogP contribution in [0, 0.1) is 6.92 Å². The maximum atomic E-state index is 5.67. The van der Waals surface area contributed by atoms with Gasteiger partial charge in [-0.15, -0.1) is 11.3 Å². The average Bonchev–Trinajstić information content (AvgIpc) is 2.80. The minimum absolute atomic E-state index is 0.217. The van der Waals surface area contributed by atoms with Crippen molar-refractivity contribution in [3.05, 3.63) is 46.2 Å². The van der Waals surface area contributed by atoms with E-state index in [-0.39, 0.29) is 6.10 Å². The fourth-order valence-corrected chi connectivity index (χ4v) is 2.42. The van der Waals surface area contributed by atoms with E-state index in [4.69, 9.17) is 4.74 Å². The molecule has 1 heterocycles. The van der Waals surface area contributed by atoms with Gasteiger partial charge in [-0.25, -0.2) is 0 Å². The molecule has 18 heavy (non-hydrogen) atoms. The van der Waals surface area contributed by atoms with E-state index in [1.807, 2.05) is 19.9 Å². The van der Waals surface area contributed by atoms with Crippen LogP contribution in [0.2, 0.25) is 0 Å². The Morgan fingerprint density at radius 2 is 2.11 bits per heavy atom. The predicted molar refractivity (Wildman–Crippen MR) is 78.6 cm³/mol. The molecular weight excluding hydrogens is 242 g/mol. The highest BCUT2D eigenvalue weighted by Gasteiger charge is 2.02. The number of ether oxygens (including phenoxy) is 1. The van der Waals surface area contributed by atoms with Crippen molar-refractivity contribution in [2.45, 2.75) is 33.4 Å². The van der Waals surface area contributed by atoms with Gasteiger partial charge in [-0.2, -0.15) is 0 Å². The van der Waals surface area contributed by atoms with E-state index in [1.54, 1.807) is 11.3 Å². The van der Waals surface area contributed by atoms with Crippen LogP contribution in [0.1, 0.15) is 24.3 Å². The van der Waals surface area contributed by atoms with Gasteiger partial charge in [0.1, 0.15) is 5.75 Å². The highest BCUT2D eigenvalue weighted by Crippen LogP contribution is 2.23. The van der Waals surface area contributed by atoms with Crippen LogP contribution in [0.5, 0.6) is 5.75 Å². The molecule has 96 valence electrons. The Kier molecular flexibility index (Phi) is 4.26. The first kappa shape index (κ1) is 13.0. The number of nitrogens with one attached hydrogen (secondary N) is 1. The summed E-state index contributed by atoms with van der Waals surface area (Å²) >= 11 is 1.77. The Balaban J connectivity index is 2.01. The molecule has 0 amide bonds. The normalized spacial score (nSPS) is 10.7. The third-order valence-electron chi connectivity index (χ3n) is 2.60. The van der Waals surface area contributed by atoms with Crippen LogP contribution in [-0.2, 0) is 6.54 Å². The summed E-state index contributed by atoms with van der Waals surface area (Å²) < 4.78 is 5.67. The molecule has 0 bridgehead atoms. The van der Waals surface area contributed by atoms with Crippen LogP contribution >= 0.6 is 11.3 Å². The number of benzene rings is 1. The molecule has 0 saturated heterocycles. The molecular formula is C15H19NOS. The Bertz CT molecular complexity index is 491. The number of thiophene rings is 1. The minimum Gasteiger partial charge on any atom is -0.491 e. The predicted octanol–water partition coefficient (Wildman–Crippen LogP) is 4.46. The second kappa shape index (κ2) is 5.91. The van der Waals surface area contributed by atoms with Crippen molar-refractivity contribution in [1.29, 1.82) is 0 Å². The first-order valence-corrected chi connectivity index (χ1v) is 7.06. The molecule has 2 nitrogen and oxygen atoms in total. The molecule has 0 aliphatic carbocycles. The second-order valence-corrected chi connectivity index (χ2v) is 5.61. The van der Waals surface area contributed by atoms with Crippen molar-refractivity contribution < 1.29 is 4.74 Å². The number of rotatable bonds is 5.